The molecule has 0 N–H and O–H groups in total. The van der Waals surface area contributed by atoms with Crippen LogP contribution in [0, 0.1) is 17.9 Å². The fourth-order valence-electron chi connectivity index (χ4n) is 9.75. The smallest absolute Gasteiger partial charge is 0.190 e. The van der Waals surface area contributed by atoms with Gasteiger partial charge in [0.2, 0.25) is 0 Å². The number of fused-ring (bicyclic) bond motifs is 3. The maximum absolute atomic E-state index is 10.2. The number of benzene rings is 9. The molecule has 0 spiro atoms. The van der Waals surface area contributed by atoms with E-state index in [1.165, 1.54) is 41.5 Å². The number of nitriles is 1. The first kappa shape index (κ1) is 37.5. The number of nitrogens with zero attached hydrogens (tertiary/aromatic N) is 3. The topological polar surface area (TPSA) is 33.1 Å². The van der Waals surface area contributed by atoms with Gasteiger partial charge in [-0.05, 0) is 71.8 Å². The van der Waals surface area contributed by atoms with Crippen molar-refractivity contribution in [3.63, 3.8) is 0 Å². The van der Waals surface area contributed by atoms with Crippen LogP contribution in [-0.2, 0) is 0 Å². The second-order valence-corrected chi connectivity index (χ2v) is 23.1. The standard InChI is InChI=1S/C56H39N3Si2/c1-58-43-36-42(41-57)37-44(38-43)59-55-34-32-51(60(45-20-8-2-9-21-45,46-22-10-3-11-23-46)47-24-12-4-13-25-47)39-53(55)54-40-52(33-35-56(54)59)61(48-26-14-5-15-27-48,49-28-16-6-17-29-49)50-30-18-7-19-31-50/h2-40H. The second-order valence-electron chi connectivity index (χ2n) is 15.5. The van der Waals surface area contributed by atoms with Gasteiger partial charge >= 0.3 is 0 Å². The van der Waals surface area contributed by atoms with Gasteiger partial charge in [-0.25, -0.2) is 4.85 Å². The van der Waals surface area contributed by atoms with Crippen LogP contribution < -0.4 is 41.5 Å². The Labute approximate surface area is 358 Å². The molecule has 0 saturated heterocycles. The van der Waals surface area contributed by atoms with E-state index in [2.05, 4.69) is 234 Å². The van der Waals surface area contributed by atoms with Crippen LogP contribution in [-0.4, -0.2) is 20.7 Å². The Morgan fingerprint density at radius 2 is 0.705 bits per heavy atom. The summed E-state index contributed by atoms with van der Waals surface area (Å²) in [6.45, 7) is 7.96. The number of rotatable bonds is 9. The van der Waals surface area contributed by atoms with Gasteiger partial charge in [-0.15, -0.1) is 0 Å². The molecule has 1 aromatic heterocycles. The minimum Gasteiger partial charge on any atom is -0.310 e. The lowest BCUT2D eigenvalue weighted by Crippen LogP contribution is -2.74. The Kier molecular flexibility index (Phi) is 9.67. The van der Waals surface area contributed by atoms with Gasteiger partial charge < -0.3 is 4.57 Å². The quantitative estimate of drug-likeness (QED) is 0.0829. The monoisotopic (exact) mass is 809 g/mol. The van der Waals surface area contributed by atoms with Crippen LogP contribution in [0.15, 0.2) is 237 Å². The van der Waals surface area contributed by atoms with Crippen molar-refractivity contribution in [2.24, 2.45) is 0 Å². The van der Waals surface area contributed by atoms with Gasteiger partial charge in [-0.1, -0.05) is 206 Å². The number of hydrogen-bond acceptors (Lipinski definition) is 1. The molecule has 0 amide bonds. The van der Waals surface area contributed by atoms with Gasteiger partial charge in [-0.3, -0.25) is 0 Å². The molecule has 1 heterocycles. The molecule has 0 aliphatic rings. The van der Waals surface area contributed by atoms with E-state index in [-0.39, 0.29) is 0 Å². The first-order valence-corrected chi connectivity index (χ1v) is 24.5. The van der Waals surface area contributed by atoms with Gasteiger partial charge in [0.25, 0.3) is 0 Å². The Morgan fingerprint density at radius 1 is 0.377 bits per heavy atom. The zero-order chi connectivity index (χ0) is 41.2. The van der Waals surface area contributed by atoms with Gasteiger partial charge in [0.05, 0.1) is 23.7 Å². The van der Waals surface area contributed by atoms with Crippen LogP contribution in [0.5, 0.6) is 0 Å². The number of aromatic nitrogens is 1. The summed E-state index contributed by atoms with van der Waals surface area (Å²) in [7, 11) is -5.79. The van der Waals surface area contributed by atoms with E-state index in [1.54, 1.807) is 6.07 Å². The molecule has 0 radical (unpaired) electrons. The Morgan fingerprint density at radius 3 is 1.00 bits per heavy atom. The minimum absolute atomic E-state index is 0.435. The average molecular weight is 810 g/mol. The highest BCUT2D eigenvalue weighted by atomic mass is 28.3. The van der Waals surface area contributed by atoms with Crippen LogP contribution in [0.3, 0.4) is 0 Å². The molecule has 286 valence electrons. The largest absolute Gasteiger partial charge is 0.310 e. The Balaban J connectivity index is 1.36. The van der Waals surface area contributed by atoms with Crippen molar-refractivity contribution in [2.45, 2.75) is 0 Å². The fraction of sp³-hybridized carbons (Fsp3) is 0. The summed E-state index contributed by atoms with van der Waals surface area (Å²) in [4.78, 5) is 3.80. The summed E-state index contributed by atoms with van der Waals surface area (Å²) in [6, 6.07) is 88.1. The third kappa shape index (κ3) is 6.15. The molecule has 0 atom stereocenters. The highest BCUT2D eigenvalue weighted by Gasteiger charge is 2.43. The molecule has 0 aliphatic heterocycles. The Bertz CT molecular complexity index is 2840. The molecule has 0 saturated carbocycles. The van der Waals surface area contributed by atoms with Crippen LogP contribution in [0.2, 0.25) is 0 Å². The molecule has 0 aliphatic carbocycles. The summed E-state index contributed by atoms with van der Waals surface area (Å²) < 4.78 is 2.25. The molecule has 10 rings (SSSR count). The van der Waals surface area contributed by atoms with Crippen LogP contribution in [0.1, 0.15) is 5.56 Å². The maximum atomic E-state index is 10.2. The predicted molar refractivity (Wildman–Crippen MR) is 259 cm³/mol. The molecule has 0 bridgehead atoms. The van der Waals surface area contributed by atoms with Crippen molar-refractivity contribution in [2.75, 3.05) is 0 Å². The third-order valence-electron chi connectivity index (χ3n) is 12.3. The van der Waals surface area contributed by atoms with E-state index in [1.807, 2.05) is 12.1 Å². The van der Waals surface area contributed by atoms with E-state index in [4.69, 9.17) is 6.57 Å². The van der Waals surface area contributed by atoms with Crippen molar-refractivity contribution in [3.8, 4) is 11.8 Å². The molecule has 61 heavy (non-hydrogen) atoms. The molecular weight excluding hydrogens is 771 g/mol. The normalized spacial score (nSPS) is 11.6. The first-order chi connectivity index (χ1) is 30.2. The summed E-state index contributed by atoms with van der Waals surface area (Å²) in [5, 5.41) is 22.8. The highest BCUT2D eigenvalue weighted by Crippen LogP contribution is 2.34. The lowest BCUT2D eigenvalue weighted by molar-refractivity contribution is 1.18. The van der Waals surface area contributed by atoms with Crippen molar-refractivity contribution >= 4 is 85.1 Å². The highest BCUT2D eigenvalue weighted by molar-refractivity contribution is 7.20. The van der Waals surface area contributed by atoms with Crippen molar-refractivity contribution in [3.05, 3.63) is 254 Å². The van der Waals surface area contributed by atoms with E-state index >= 15 is 0 Å². The molecule has 5 heteroatoms. The lowest BCUT2D eigenvalue weighted by Gasteiger charge is -2.34. The number of hydrogen-bond donors (Lipinski definition) is 0. The fourth-order valence-corrected chi connectivity index (χ4v) is 19.3. The maximum Gasteiger partial charge on any atom is 0.190 e. The van der Waals surface area contributed by atoms with E-state index in [0.717, 1.165) is 27.5 Å². The molecule has 0 fully saturated rings. The molecular formula is C56H39N3Si2. The van der Waals surface area contributed by atoms with E-state index in [9.17, 15) is 5.26 Å². The SMILES string of the molecule is [C-]#[N+]c1cc(C#N)cc(-n2c3ccc([Si](c4ccccc4)(c4ccccc4)c4ccccc4)cc3c3cc([Si](c4ccccc4)(c4ccccc4)c4ccccc4)ccc32)c1. The Hall–Kier alpha value is -7.81. The predicted octanol–water partition coefficient (Wildman–Crippen LogP) is 7.96. The lowest BCUT2D eigenvalue weighted by atomic mass is 10.1. The summed E-state index contributed by atoms with van der Waals surface area (Å²) in [6.07, 6.45) is 0. The van der Waals surface area contributed by atoms with E-state index in [0.29, 0.717) is 11.3 Å². The summed E-state index contributed by atoms with van der Waals surface area (Å²) in [5.74, 6) is 0. The summed E-state index contributed by atoms with van der Waals surface area (Å²) >= 11 is 0. The van der Waals surface area contributed by atoms with Crippen LogP contribution in [0.4, 0.5) is 5.69 Å². The first-order valence-electron chi connectivity index (χ1n) is 20.5. The van der Waals surface area contributed by atoms with Gasteiger partial charge in [0.1, 0.15) is 0 Å². The zero-order valence-electron chi connectivity index (χ0n) is 33.4. The molecule has 9 aromatic carbocycles. The summed E-state index contributed by atoms with van der Waals surface area (Å²) in [5.41, 5.74) is 3.72. The van der Waals surface area contributed by atoms with Crippen molar-refractivity contribution in [1.29, 1.82) is 5.26 Å². The van der Waals surface area contributed by atoms with E-state index < -0.39 is 16.1 Å². The van der Waals surface area contributed by atoms with Gasteiger partial charge in [0.15, 0.2) is 21.8 Å². The average Bonchev–Trinajstić information content (AvgIpc) is 3.67. The minimum atomic E-state index is -2.90. The molecule has 3 nitrogen and oxygen atoms in total. The van der Waals surface area contributed by atoms with Crippen molar-refractivity contribution in [1.82, 2.24) is 4.57 Å². The van der Waals surface area contributed by atoms with Gasteiger partial charge in [-0.2, -0.15) is 5.26 Å². The third-order valence-corrected chi connectivity index (χ3v) is 21.8. The molecule has 10 aromatic rings. The second kappa shape index (κ2) is 15.7. The molecule has 0 unspecified atom stereocenters. The zero-order valence-corrected chi connectivity index (χ0v) is 35.4. The van der Waals surface area contributed by atoms with Crippen LogP contribution >= 0.6 is 0 Å². The van der Waals surface area contributed by atoms with Crippen LogP contribution in [0.25, 0.3) is 32.3 Å². The van der Waals surface area contributed by atoms with Gasteiger partial charge in [0, 0.05) is 22.0 Å². The van der Waals surface area contributed by atoms with Crippen molar-refractivity contribution < 1.29 is 0 Å².